The molecule has 0 unspecified atom stereocenters. The minimum atomic E-state index is 0.759. The zero-order valence-corrected chi connectivity index (χ0v) is 18.8. The second kappa shape index (κ2) is 6.10. The van der Waals surface area contributed by atoms with Crippen molar-refractivity contribution in [3.8, 4) is 22.3 Å². The van der Waals surface area contributed by atoms with Crippen molar-refractivity contribution in [2.24, 2.45) is 0 Å². The van der Waals surface area contributed by atoms with E-state index < -0.39 is 0 Å². The van der Waals surface area contributed by atoms with Crippen LogP contribution in [0.1, 0.15) is 22.3 Å². The molecule has 3 aromatic carbocycles. The first-order valence-electron chi connectivity index (χ1n) is 12.1. The molecule has 0 radical (unpaired) electrons. The van der Waals surface area contributed by atoms with Crippen molar-refractivity contribution in [1.29, 1.82) is 0 Å². The third-order valence-electron chi connectivity index (χ3n) is 7.94. The summed E-state index contributed by atoms with van der Waals surface area (Å²) in [6.45, 7) is 0. The average molecular weight is 447 g/mol. The van der Waals surface area contributed by atoms with Crippen molar-refractivity contribution in [2.75, 3.05) is 0 Å². The predicted octanol–water partition coefficient (Wildman–Crippen LogP) is 6.73. The van der Waals surface area contributed by atoms with Crippen LogP contribution in [0.15, 0.2) is 85.2 Å². The van der Waals surface area contributed by atoms with Crippen LogP contribution < -0.4 is 0 Å². The molecule has 0 fully saturated rings. The molecule has 0 spiro atoms. The first kappa shape index (κ1) is 17.8. The molecule has 4 nitrogen and oxygen atoms in total. The van der Waals surface area contributed by atoms with Gasteiger partial charge in [0.25, 0.3) is 0 Å². The molecule has 2 aliphatic carbocycles. The maximum absolute atomic E-state index is 5.05. The van der Waals surface area contributed by atoms with E-state index in [0.717, 1.165) is 40.7 Å². The minimum Gasteiger partial charge on any atom is -0.274 e. The summed E-state index contributed by atoms with van der Waals surface area (Å²) in [6, 6.07) is 26.4. The quantitative estimate of drug-likeness (QED) is 0.243. The fraction of sp³-hybridized carbons (Fsp3) is 0.0645. The monoisotopic (exact) mass is 446 g/mol. The number of pyridine rings is 3. The van der Waals surface area contributed by atoms with Crippen LogP contribution in [0.3, 0.4) is 0 Å². The lowest BCUT2D eigenvalue weighted by Crippen LogP contribution is -1.96. The number of aromatic nitrogens is 4. The fourth-order valence-corrected chi connectivity index (χ4v) is 6.54. The van der Waals surface area contributed by atoms with Gasteiger partial charge in [-0.1, -0.05) is 48.5 Å². The van der Waals surface area contributed by atoms with Gasteiger partial charge in [0.1, 0.15) is 11.3 Å². The Morgan fingerprint density at radius 1 is 0.600 bits per heavy atom. The molecule has 7 aromatic rings. The van der Waals surface area contributed by atoms with E-state index in [4.69, 9.17) is 9.97 Å². The number of benzene rings is 3. The third-order valence-corrected chi connectivity index (χ3v) is 7.94. The first-order valence-corrected chi connectivity index (χ1v) is 12.1. The van der Waals surface area contributed by atoms with Crippen LogP contribution in [0.5, 0.6) is 0 Å². The molecule has 0 saturated heterocycles. The summed E-state index contributed by atoms with van der Waals surface area (Å²) in [5.41, 5.74) is 14.8. The SMILES string of the molecule is c1ccc2c(c1)Cc1ccc3c(c1-2)-c1ccc2c4cccnc4n4c5cccnc5nc4c2c1C3. The van der Waals surface area contributed by atoms with Crippen molar-refractivity contribution < 1.29 is 0 Å². The van der Waals surface area contributed by atoms with Crippen LogP contribution in [0.25, 0.3) is 60.9 Å². The largest absolute Gasteiger partial charge is 0.274 e. The Balaban J connectivity index is 1.47. The van der Waals surface area contributed by atoms with Gasteiger partial charge in [0.05, 0.1) is 5.52 Å². The summed E-state index contributed by atoms with van der Waals surface area (Å²) in [7, 11) is 0. The zero-order chi connectivity index (χ0) is 22.7. The van der Waals surface area contributed by atoms with E-state index in [2.05, 4.69) is 70.0 Å². The van der Waals surface area contributed by atoms with Crippen molar-refractivity contribution in [2.45, 2.75) is 12.8 Å². The smallest absolute Gasteiger partial charge is 0.178 e. The molecule has 4 aromatic heterocycles. The van der Waals surface area contributed by atoms with E-state index in [1.54, 1.807) is 0 Å². The molecule has 162 valence electrons. The van der Waals surface area contributed by atoms with Gasteiger partial charge in [0.15, 0.2) is 5.65 Å². The van der Waals surface area contributed by atoms with Crippen LogP contribution in [-0.4, -0.2) is 19.4 Å². The lowest BCUT2D eigenvalue weighted by atomic mass is 9.93. The standard InChI is InChI=1S/C31H18N4/c1-2-6-20-17(5-1)15-18-9-10-19-16-24-22(27(19)26(18)20)12-11-21-23-7-3-14-33-30(23)35-25-8-4-13-32-29(25)34-31(35)28(21)24/h1-14H,15-16H2. The second-order valence-electron chi connectivity index (χ2n) is 9.65. The lowest BCUT2D eigenvalue weighted by molar-refractivity contribution is 1.22. The van der Waals surface area contributed by atoms with Gasteiger partial charge in [0, 0.05) is 23.2 Å². The molecule has 0 saturated carbocycles. The number of imidazole rings is 1. The molecular formula is C31H18N4. The number of rotatable bonds is 0. The third kappa shape index (κ3) is 2.11. The number of hydrogen-bond acceptors (Lipinski definition) is 3. The van der Waals surface area contributed by atoms with E-state index >= 15 is 0 Å². The number of fused-ring (bicyclic) bond motifs is 16. The van der Waals surface area contributed by atoms with Crippen LogP contribution in [0.2, 0.25) is 0 Å². The maximum Gasteiger partial charge on any atom is 0.178 e. The van der Waals surface area contributed by atoms with E-state index in [9.17, 15) is 0 Å². The van der Waals surface area contributed by atoms with Gasteiger partial charge in [-0.05, 0) is 87.0 Å². The average Bonchev–Trinajstić information content (AvgIpc) is 3.59. The molecule has 0 atom stereocenters. The topological polar surface area (TPSA) is 43.1 Å². The van der Waals surface area contributed by atoms with Crippen LogP contribution in [0, 0.1) is 0 Å². The molecule has 0 N–H and O–H groups in total. The molecule has 0 bridgehead atoms. The summed E-state index contributed by atoms with van der Waals surface area (Å²) >= 11 is 0. The van der Waals surface area contributed by atoms with Crippen molar-refractivity contribution >= 4 is 38.6 Å². The molecule has 4 heteroatoms. The highest BCUT2D eigenvalue weighted by Crippen LogP contribution is 2.51. The highest BCUT2D eigenvalue weighted by molar-refractivity contribution is 6.16. The molecule has 35 heavy (non-hydrogen) atoms. The van der Waals surface area contributed by atoms with Crippen LogP contribution in [0.4, 0.5) is 0 Å². The van der Waals surface area contributed by atoms with Crippen molar-refractivity contribution in [1.82, 2.24) is 19.4 Å². The Morgan fingerprint density at radius 3 is 2.40 bits per heavy atom. The fourth-order valence-electron chi connectivity index (χ4n) is 6.54. The van der Waals surface area contributed by atoms with Crippen LogP contribution >= 0.6 is 0 Å². The second-order valence-corrected chi connectivity index (χ2v) is 9.65. The summed E-state index contributed by atoms with van der Waals surface area (Å²) in [6.07, 6.45) is 5.60. The Hall–Kier alpha value is -4.57. The summed E-state index contributed by atoms with van der Waals surface area (Å²) in [5.74, 6) is 0. The van der Waals surface area contributed by atoms with Crippen molar-refractivity contribution in [3.05, 3.63) is 107 Å². The Morgan fingerprint density at radius 2 is 1.43 bits per heavy atom. The number of nitrogens with zero attached hydrogens (tertiary/aromatic N) is 4. The van der Waals surface area contributed by atoms with Gasteiger partial charge in [-0.2, -0.15) is 0 Å². The highest BCUT2D eigenvalue weighted by Gasteiger charge is 2.30. The lowest BCUT2D eigenvalue weighted by Gasteiger charge is -2.13. The molecule has 0 aliphatic heterocycles. The van der Waals surface area contributed by atoms with E-state index in [0.29, 0.717) is 0 Å². The Bertz CT molecular complexity index is 2070. The van der Waals surface area contributed by atoms with Gasteiger partial charge in [0.2, 0.25) is 0 Å². The molecule has 9 rings (SSSR count). The van der Waals surface area contributed by atoms with Gasteiger partial charge in [-0.15, -0.1) is 0 Å². The van der Waals surface area contributed by atoms with Gasteiger partial charge in [-0.25, -0.2) is 15.0 Å². The summed E-state index contributed by atoms with van der Waals surface area (Å²) < 4.78 is 2.20. The minimum absolute atomic E-state index is 0.759. The molecule has 4 heterocycles. The van der Waals surface area contributed by atoms with Crippen molar-refractivity contribution in [3.63, 3.8) is 0 Å². The number of hydrogen-bond donors (Lipinski definition) is 0. The van der Waals surface area contributed by atoms with Gasteiger partial charge in [-0.3, -0.25) is 4.40 Å². The van der Waals surface area contributed by atoms with Crippen LogP contribution in [-0.2, 0) is 12.8 Å². The van der Waals surface area contributed by atoms with Gasteiger partial charge < -0.3 is 0 Å². The molecular weight excluding hydrogens is 428 g/mol. The maximum atomic E-state index is 5.05. The molecule has 2 aliphatic rings. The highest BCUT2D eigenvalue weighted by atomic mass is 15.1. The van der Waals surface area contributed by atoms with E-state index in [1.165, 1.54) is 55.3 Å². The summed E-state index contributed by atoms with van der Waals surface area (Å²) in [4.78, 5) is 14.4. The zero-order valence-electron chi connectivity index (χ0n) is 18.8. The summed E-state index contributed by atoms with van der Waals surface area (Å²) in [5, 5.41) is 3.57. The first-order chi connectivity index (χ1) is 17.4. The Labute approximate surface area is 200 Å². The van der Waals surface area contributed by atoms with E-state index in [1.807, 2.05) is 24.5 Å². The normalized spacial score (nSPS) is 13.5. The van der Waals surface area contributed by atoms with Gasteiger partial charge >= 0.3 is 0 Å². The predicted molar refractivity (Wildman–Crippen MR) is 140 cm³/mol. The van der Waals surface area contributed by atoms with E-state index in [-0.39, 0.29) is 0 Å². The molecule has 0 amide bonds. The Kier molecular flexibility index (Phi) is 3.11.